The number of halogens is 2. The molecule has 0 spiro atoms. The van der Waals surface area contributed by atoms with Crippen LogP contribution in [0.15, 0.2) is 88.3 Å². The van der Waals surface area contributed by atoms with Crippen molar-refractivity contribution < 1.29 is 14.0 Å². The van der Waals surface area contributed by atoms with E-state index in [1.54, 1.807) is 0 Å². The zero-order chi connectivity index (χ0) is 25.2. The van der Waals surface area contributed by atoms with Gasteiger partial charge >= 0.3 is 0 Å². The van der Waals surface area contributed by atoms with E-state index in [1.165, 1.54) is 35.5 Å². The molecule has 0 aromatic heterocycles. The summed E-state index contributed by atoms with van der Waals surface area (Å²) in [6.07, 6.45) is 0. The SMILES string of the molecule is Cc1ccc(SC2=C(N3CCN(Cc4ccccc4)CC3)C(=O)N(c3ccc(F)c(Cl)c3)C2=O)cc1. The van der Waals surface area contributed by atoms with Gasteiger partial charge in [-0.05, 0) is 42.8 Å². The third-order valence-electron chi connectivity index (χ3n) is 6.36. The molecule has 0 saturated carbocycles. The third-order valence-corrected chi connectivity index (χ3v) is 7.73. The summed E-state index contributed by atoms with van der Waals surface area (Å²) in [5.41, 5.74) is 3.01. The molecule has 8 heteroatoms. The van der Waals surface area contributed by atoms with Crippen molar-refractivity contribution in [3.8, 4) is 0 Å². The molecule has 36 heavy (non-hydrogen) atoms. The molecule has 5 nitrogen and oxygen atoms in total. The molecule has 3 aromatic carbocycles. The fourth-order valence-electron chi connectivity index (χ4n) is 4.42. The number of rotatable bonds is 6. The van der Waals surface area contributed by atoms with Crippen molar-refractivity contribution >= 4 is 40.9 Å². The monoisotopic (exact) mass is 521 g/mol. The second-order valence-corrected chi connectivity index (χ2v) is 10.4. The number of benzene rings is 3. The van der Waals surface area contributed by atoms with Gasteiger partial charge in [0.05, 0.1) is 10.7 Å². The van der Waals surface area contributed by atoms with Crippen LogP contribution in [-0.2, 0) is 16.1 Å². The minimum atomic E-state index is -0.600. The zero-order valence-electron chi connectivity index (χ0n) is 19.8. The second-order valence-electron chi connectivity index (χ2n) is 8.89. The van der Waals surface area contributed by atoms with E-state index >= 15 is 0 Å². The van der Waals surface area contributed by atoms with Crippen molar-refractivity contribution in [3.63, 3.8) is 0 Å². The number of hydrogen-bond donors (Lipinski definition) is 0. The summed E-state index contributed by atoms with van der Waals surface area (Å²) in [4.78, 5) is 34.0. The normalized spacial score (nSPS) is 16.9. The van der Waals surface area contributed by atoms with E-state index in [1.807, 2.05) is 54.3 Å². The number of anilines is 1. The molecule has 1 saturated heterocycles. The summed E-state index contributed by atoms with van der Waals surface area (Å²) in [5, 5.41) is -0.135. The van der Waals surface area contributed by atoms with E-state index in [0.29, 0.717) is 23.7 Å². The van der Waals surface area contributed by atoms with E-state index in [0.717, 1.165) is 35.0 Å². The molecule has 0 radical (unpaired) electrons. The Morgan fingerprint density at radius 2 is 1.58 bits per heavy atom. The van der Waals surface area contributed by atoms with Crippen LogP contribution < -0.4 is 4.90 Å². The van der Waals surface area contributed by atoms with Crippen molar-refractivity contribution in [2.45, 2.75) is 18.4 Å². The van der Waals surface area contributed by atoms with E-state index in [-0.39, 0.29) is 10.7 Å². The van der Waals surface area contributed by atoms with Crippen molar-refractivity contribution in [3.05, 3.63) is 105 Å². The van der Waals surface area contributed by atoms with E-state index in [2.05, 4.69) is 17.0 Å². The molecule has 5 rings (SSSR count). The number of imide groups is 1. The van der Waals surface area contributed by atoms with E-state index in [4.69, 9.17) is 11.6 Å². The van der Waals surface area contributed by atoms with Crippen LogP contribution in [0.25, 0.3) is 0 Å². The minimum absolute atomic E-state index is 0.135. The molecular weight excluding hydrogens is 497 g/mol. The van der Waals surface area contributed by atoms with Crippen LogP contribution in [0.4, 0.5) is 10.1 Å². The molecule has 2 amide bonds. The lowest BCUT2D eigenvalue weighted by Gasteiger charge is -2.36. The van der Waals surface area contributed by atoms with Gasteiger partial charge < -0.3 is 4.90 Å². The average molecular weight is 522 g/mol. The van der Waals surface area contributed by atoms with E-state index in [9.17, 15) is 14.0 Å². The number of nitrogens with zero attached hydrogens (tertiary/aromatic N) is 3. The number of thioether (sulfide) groups is 1. The first-order chi connectivity index (χ1) is 17.4. The quantitative estimate of drug-likeness (QED) is 0.402. The van der Waals surface area contributed by atoms with Crippen LogP contribution in [0.2, 0.25) is 5.02 Å². The van der Waals surface area contributed by atoms with Gasteiger partial charge in [0.25, 0.3) is 11.8 Å². The van der Waals surface area contributed by atoms with Gasteiger partial charge in [-0.15, -0.1) is 0 Å². The van der Waals surface area contributed by atoms with Crippen LogP contribution in [0.5, 0.6) is 0 Å². The van der Waals surface area contributed by atoms with Crippen LogP contribution in [0.1, 0.15) is 11.1 Å². The summed E-state index contributed by atoms with van der Waals surface area (Å²) in [5.74, 6) is -1.43. The molecule has 0 aliphatic carbocycles. The van der Waals surface area contributed by atoms with Gasteiger partial charge in [0.2, 0.25) is 0 Å². The van der Waals surface area contributed by atoms with Crippen LogP contribution in [-0.4, -0.2) is 47.8 Å². The number of carbonyl (C=O) groups excluding carboxylic acids is 2. The maximum Gasteiger partial charge on any atom is 0.283 e. The highest BCUT2D eigenvalue weighted by atomic mass is 35.5. The Labute approximate surface area is 219 Å². The molecular formula is C28H25ClFN3O2S. The highest BCUT2D eigenvalue weighted by Gasteiger charge is 2.43. The fourth-order valence-corrected chi connectivity index (χ4v) is 5.60. The zero-order valence-corrected chi connectivity index (χ0v) is 21.4. The largest absolute Gasteiger partial charge is 0.363 e. The average Bonchev–Trinajstić information content (AvgIpc) is 3.12. The lowest BCUT2D eigenvalue weighted by molar-refractivity contribution is -0.121. The molecule has 3 aromatic rings. The van der Waals surface area contributed by atoms with E-state index < -0.39 is 17.6 Å². The van der Waals surface area contributed by atoms with Crippen LogP contribution in [0, 0.1) is 12.7 Å². The van der Waals surface area contributed by atoms with Crippen molar-refractivity contribution in [2.75, 3.05) is 31.1 Å². The predicted molar refractivity (Wildman–Crippen MR) is 141 cm³/mol. The number of amides is 2. The van der Waals surface area contributed by atoms with Crippen molar-refractivity contribution in [1.82, 2.24) is 9.80 Å². The molecule has 1 fully saturated rings. The third kappa shape index (κ3) is 5.05. The van der Waals surface area contributed by atoms with Gasteiger partial charge in [-0.25, -0.2) is 9.29 Å². The molecule has 184 valence electrons. The number of piperazine rings is 1. The summed E-state index contributed by atoms with van der Waals surface area (Å²) < 4.78 is 13.8. The first kappa shape index (κ1) is 24.6. The number of carbonyl (C=O) groups is 2. The van der Waals surface area contributed by atoms with Crippen molar-refractivity contribution in [1.29, 1.82) is 0 Å². The molecule has 0 unspecified atom stereocenters. The predicted octanol–water partition coefficient (Wildman–Crippen LogP) is 5.48. The lowest BCUT2D eigenvalue weighted by Crippen LogP contribution is -2.47. The maximum absolute atomic E-state index is 13.8. The number of hydrogen-bond acceptors (Lipinski definition) is 5. The van der Waals surface area contributed by atoms with Gasteiger partial charge in [0.15, 0.2) is 0 Å². The van der Waals surface area contributed by atoms with Gasteiger partial charge in [-0.1, -0.05) is 71.4 Å². The summed E-state index contributed by atoms with van der Waals surface area (Å²) in [7, 11) is 0. The Hall–Kier alpha value is -3.13. The van der Waals surface area contributed by atoms with Gasteiger partial charge in [0, 0.05) is 37.6 Å². The Bertz CT molecular complexity index is 1320. The fraction of sp³-hybridized carbons (Fsp3) is 0.214. The first-order valence-corrected chi connectivity index (χ1v) is 12.9. The minimum Gasteiger partial charge on any atom is -0.363 e. The second kappa shape index (κ2) is 10.5. The van der Waals surface area contributed by atoms with Crippen LogP contribution in [0.3, 0.4) is 0 Å². The number of aryl methyl sites for hydroxylation is 1. The highest BCUT2D eigenvalue weighted by Crippen LogP contribution is 2.39. The van der Waals surface area contributed by atoms with Crippen LogP contribution >= 0.6 is 23.4 Å². The van der Waals surface area contributed by atoms with Crippen molar-refractivity contribution in [2.24, 2.45) is 0 Å². The summed E-state index contributed by atoms with van der Waals surface area (Å²) in [6.45, 7) is 5.62. The van der Waals surface area contributed by atoms with Gasteiger partial charge in [-0.2, -0.15) is 0 Å². The Kier molecular flexibility index (Phi) is 7.14. The molecule has 2 aliphatic heterocycles. The molecule has 2 aliphatic rings. The standard InChI is InChI=1S/C28H25ClFN3O2S/c1-19-7-10-22(11-8-19)36-26-25(27(34)33(28(26)35)21-9-12-24(30)23(29)17-21)32-15-13-31(14-16-32)18-20-5-3-2-4-6-20/h2-12,17H,13-16,18H2,1H3. The highest BCUT2D eigenvalue weighted by molar-refractivity contribution is 8.04. The smallest absolute Gasteiger partial charge is 0.283 e. The molecule has 0 atom stereocenters. The topological polar surface area (TPSA) is 43.9 Å². The Morgan fingerprint density at radius 3 is 2.25 bits per heavy atom. The Balaban J connectivity index is 1.42. The van der Waals surface area contributed by atoms with Gasteiger partial charge in [-0.3, -0.25) is 14.5 Å². The molecule has 2 heterocycles. The Morgan fingerprint density at radius 1 is 0.889 bits per heavy atom. The molecule has 0 N–H and O–H groups in total. The van der Waals surface area contributed by atoms with Gasteiger partial charge in [0.1, 0.15) is 16.4 Å². The lowest BCUT2D eigenvalue weighted by atomic mass is 10.2. The summed E-state index contributed by atoms with van der Waals surface area (Å²) in [6, 6.07) is 22.0. The maximum atomic E-state index is 13.8. The first-order valence-electron chi connectivity index (χ1n) is 11.7. The summed E-state index contributed by atoms with van der Waals surface area (Å²) >= 11 is 7.27. The molecule has 0 bridgehead atoms.